The number of carbonyl (C=O) groups is 2. The lowest BCUT2D eigenvalue weighted by Crippen LogP contribution is -2.29. The van der Waals surface area contributed by atoms with E-state index >= 15 is 0 Å². The molecule has 0 aromatic heterocycles. The second kappa shape index (κ2) is 8.10. The average Bonchev–Trinajstić information content (AvgIpc) is 2.92. The van der Waals surface area contributed by atoms with E-state index < -0.39 is 11.9 Å². The highest BCUT2D eigenvalue weighted by atomic mass is 16.4. The zero-order chi connectivity index (χ0) is 14.1. The molecule has 1 atom stereocenters. The molecule has 2 rings (SSSR count). The summed E-state index contributed by atoms with van der Waals surface area (Å²) < 4.78 is 0. The Bertz CT molecular complexity index is 402. The molecule has 4 N–H and O–H groups in total. The molecule has 1 saturated heterocycles. The summed E-state index contributed by atoms with van der Waals surface area (Å²) in [6, 6.07) is 8.96. The first-order chi connectivity index (χ1) is 9.09. The third kappa shape index (κ3) is 6.42. The fourth-order valence-electron chi connectivity index (χ4n) is 1.63. The standard InChI is InChI=1S/C8H9NO2.C5H9NO2/c10-8(11)6-9-7-4-2-1-3-5-7;7-5(8)4-2-1-3-6-4/h1-5,9H,6H2,(H,10,11);4,6H,1-3H2,(H,7,8). The first-order valence-corrected chi connectivity index (χ1v) is 6.06. The summed E-state index contributed by atoms with van der Waals surface area (Å²) in [6.07, 6.45) is 1.78. The van der Waals surface area contributed by atoms with Crippen molar-refractivity contribution in [3.63, 3.8) is 0 Å². The molecule has 1 unspecified atom stereocenters. The fourth-order valence-corrected chi connectivity index (χ4v) is 1.63. The Morgan fingerprint density at radius 3 is 2.37 bits per heavy atom. The van der Waals surface area contributed by atoms with Crippen molar-refractivity contribution in [3.8, 4) is 0 Å². The van der Waals surface area contributed by atoms with E-state index in [4.69, 9.17) is 10.2 Å². The fraction of sp³-hybridized carbons (Fsp3) is 0.385. The molecule has 0 radical (unpaired) electrons. The molecule has 1 aromatic carbocycles. The zero-order valence-electron chi connectivity index (χ0n) is 10.5. The first-order valence-electron chi connectivity index (χ1n) is 6.06. The van der Waals surface area contributed by atoms with E-state index in [9.17, 15) is 9.59 Å². The van der Waals surface area contributed by atoms with Gasteiger partial charge in [-0.1, -0.05) is 18.2 Å². The zero-order valence-corrected chi connectivity index (χ0v) is 10.5. The highest BCUT2D eigenvalue weighted by Crippen LogP contribution is 2.04. The van der Waals surface area contributed by atoms with Gasteiger partial charge in [0.2, 0.25) is 0 Å². The molecule has 0 bridgehead atoms. The monoisotopic (exact) mass is 266 g/mol. The third-order valence-electron chi connectivity index (χ3n) is 2.58. The number of benzene rings is 1. The molecule has 6 nitrogen and oxygen atoms in total. The van der Waals surface area contributed by atoms with Crippen molar-refractivity contribution in [2.24, 2.45) is 0 Å². The lowest BCUT2D eigenvalue weighted by Gasteiger charge is -2.00. The van der Waals surface area contributed by atoms with E-state index in [1.54, 1.807) is 0 Å². The number of aliphatic carboxylic acids is 2. The van der Waals surface area contributed by atoms with Gasteiger partial charge in [0.15, 0.2) is 0 Å². The Kier molecular flexibility index (Phi) is 6.38. The van der Waals surface area contributed by atoms with Crippen molar-refractivity contribution >= 4 is 17.6 Å². The predicted molar refractivity (Wildman–Crippen MR) is 71.2 cm³/mol. The number of carboxylic acid groups (broad SMARTS) is 2. The minimum Gasteiger partial charge on any atom is -0.480 e. The summed E-state index contributed by atoms with van der Waals surface area (Å²) in [6.45, 7) is 0.820. The lowest BCUT2D eigenvalue weighted by atomic mass is 10.2. The van der Waals surface area contributed by atoms with Gasteiger partial charge in [-0.3, -0.25) is 9.59 Å². The van der Waals surface area contributed by atoms with Crippen LogP contribution in [0.15, 0.2) is 30.3 Å². The van der Waals surface area contributed by atoms with Gasteiger partial charge in [0, 0.05) is 5.69 Å². The summed E-state index contributed by atoms with van der Waals surface area (Å²) >= 11 is 0. The number of hydrogen-bond donors (Lipinski definition) is 4. The largest absolute Gasteiger partial charge is 0.480 e. The van der Waals surface area contributed by atoms with Crippen molar-refractivity contribution < 1.29 is 19.8 Å². The molecule has 0 amide bonds. The number of hydrogen-bond acceptors (Lipinski definition) is 4. The summed E-state index contributed by atoms with van der Waals surface area (Å²) in [5, 5.41) is 22.3. The molecule has 1 aromatic rings. The third-order valence-corrected chi connectivity index (χ3v) is 2.58. The van der Waals surface area contributed by atoms with Crippen LogP contribution in [0, 0.1) is 0 Å². The quantitative estimate of drug-likeness (QED) is 0.649. The Hall–Kier alpha value is -2.08. The average molecular weight is 266 g/mol. The van der Waals surface area contributed by atoms with Gasteiger partial charge < -0.3 is 20.8 Å². The Morgan fingerprint density at radius 1 is 1.26 bits per heavy atom. The Balaban J connectivity index is 0.000000200. The molecule has 0 aliphatic carbocycles. The molecule has 1 aliphatic heterocycles. The summed E-state index contributed by atoms with van der Waals surface area (Å²) in [4.78, 5) is 20.2. The molecular weight excluding hydrogens is 248 g/mol. The minimum absolute atomic E-state index is 0.0377. The lowest BCUT2D eigenvalue weighted by molar-refractivity contribution is -0.139. The maximum absolute atomic E-state index is 10.1. The molecular formula is C13H18N2O4. The van der Waals surface area contributed by atoms with Crippen LogP contribution in [0.2, 0.25) is 0 Å². The van der Waals surface area contributed by atoms with Gasteiger partial charge in [0.1, 0.15) is 12.6 Å². The van der Waals surface area contributed by atoms with Crippen LogP contribution in [0.5, 0.6) is 0 Å². The van der Waals surface area contributed by atoms with E-state index in [1.807, 2.05) is 30.3 Å². The molecule has 6 heteroatoms. The van der Waals surface area contributed by atoms with Gasteiger partial charge in [0.05, 0.1) is 0 Å². The summed E-state index contributed by atoms with van der Waals surface area (Å²) in [5.41, 5.74) is 0.829. The highest BCUT2D eigenvalue weighted by molar-refractivity contribution is 5.73. The predicted octanol–water partition coefficient (Wildman–Crippen LogP) is 1.01. The highest BCUT2D eigenvalue weighted by Gasteiger charge is 2.20. The van der Waals surface area contributed by atoms with Crippen LogP contribution in [-0.4, -0.2) is 41.3 Å². The van der Waals surface area contributed by atoms with Crippen LogP contribution in [-0.2, 0) is 9.59 Å². The van der Waals surface area contributed by atoms with E-state index in [-0.39, 0.29) is 12.6 Å². The maximum atomic E-state index is 10.1. The molecule has 0 saturated carbocycles. The van der Waals surface area contributed by atoms with E-state index in [0.717, 1.165) is 25.1 Å². The van der Waals surface area contributed by atoms with Crippen molar-refractivity contribution in [3.05, 3.63) is 30.3 Å². The number of para-hydroxylation sites is 1. The minimum atomic E-state index is -0.853. The number of nitrogens with one attached hydrogen (secondary N) is 2. The van der Waals surface area contributed by atoms with Crippen LogP contribution in [0.4, 0.5) is 5.69 Å². The summed E-state index contributed by atoms with van der Waals surface area (Å²) in [5.74, 6) is -1.57. The van der Waals surface area contributed by atoms with Gasteiger partial charge >= 0.3 is 11.9 Å². The van der Waals surface area contributed by atoms with E-state index in [1.165, 1.54) is 0 Å². The molecule has 0 spiro atoms. The van der Waals surface area contributed by atoms with Crippen LogP contribution < -0.4 is 10.6 Å². The maximum Gasteiger partial charge on any atom is 0.322 e. The van der Waals surface area contributed by atoms with Crippen molar-refractivity contribution in [1.82, 2.24) is 5.32 Å². The van der Waals surface area contributed by atoms with Gasteiger partial charge in [-0.25, -0.2) is 0 Å². The van der Waals surface area contributed by atoms with Crippen LogP contribution in [0.1, 0.15) is 12.8 Å². The second-order valence-electron chi connectivity index (χ2n) is 4.10. The van der Waals surface area contributed by atoms with Gasteiger partial charge in [-0.2, -0.15) is 0 Å². The van der Waals surface area contributed by atoms with Crippen LogP contribution in [0.25, 0.3) is 0 Å². The van der Waals surface area contributed by atoms with Crippen LogP contribution >= 0.6 is 0 Å². The van der Waals surface area contributed by atoms with Crippen LogP contribution in [0.3, 0.4) is 0 Å². The van der Waals surface area contributed by atoms with Gasteiger partial charge in [0.25, 0.3) is 0 Å². The van der Waals surface area contributed by atoms with Gasteiger partial charge in [-0.05, 0) is 31.5 Å². The SMILES string of the molecule is O=C(O)C1CCCN1.O=C(O)CNc1ccccc1. The number of rotatable bonds is 4. The van der Waals surface area contributed by atoms with E-state index in [0.29, 0.717) is 0 Å². The number of anilines is 1. The molecule has 1 heterocycles. The molecule has 1 aliphatic rings. The van der Waals surface area contributed by atoms with Crippen molar-refractivity contribution in [2.45, 2.75) is 18.9 Å². The number of carboxylic acids is 2. The smallest absolute Gasteiger partial charge is 0.322 e. The normalized spacial score (nSPS) is 17.2. The van der Waals surface area contributed by atoms with Crippen molar-refractivity contribution in [2.75, 3.05) is 18.4 Å². The van der Waals surface area contributed by atoms with Crippen molar-refractivity contribution in [1.29, 1.82) is 0 Å². The summed E-state index contributed by atoms with van der Waals surface area (Å²) in [7, 11) is 0. The second-order valence-corrected chi connectivity index (χ2v) is 4.10. The molecule has 19 heavy (non-hydrogen) atoms. The Morgan fingerprint density at radius 2 is 1.95 bits per heavy atom. The van der Waals surface area contributed by atoms with E-state index in [2.05, 4.69) is 10.6 Å². The topological polar surface area (TPSA) is 98.7 Å². The first kappa shape index (κ1) is 15.0. The Labute approximate surface area is 111 Å². The molecule has 1 fully saturated rings. The van der Waals surface area contributed by atoms with Gasteiger partial charge in [-0.15, -0.1) is 0 Å². The molecule has 104 valence electrons.